The summed E-state index contributed by atoms with van der Waals surface area (Å²) in [5, 5.41) is 62.6. The highest BCUT2D eigenvalue weighted by Gasteiger charge is 2.35. The van der Waals surface area contributed by atoms with Crippen molar-refractivity contribution in [3.8, 4) is 28.7 Å². The highest BCUT2D eigenvalue weighted by molar-refractivity contribution is 5.98. The summed E-state index contributed by atoms with van der Waals surface area (Å²) < 4.78 is 6.26. The Hall–Kier alpha value is -11.4. The number of nitrogens with one attached hydrogen (secondary N) is 8. The fraction of sp³-hybridized carbons (Fsp3) is 0.338. The summed E-state index contributed by atoms with van der Waals surface area (Å²) in [6.07, 6.45) is -1.93. The summed E-state index contributed by atoms with van der Waals surface area (Å²) in [4.78, 5) is 149. The summed E-state index contributed by atoms with van der Waals surface area (Å²) in [5.74, 6) is -10.9. The van der Waals surface area contributed by atoms with Gasteiger partial charge in [0.05, 0.1) is 19.5 Å². The molecule has 0 heterocycles. The fourth-order valence-electron chi connectivity index (χ4n) is 10.8. The van der Waals surface area contributed by atoms with E-state index in [4.69, 9.17) is 27.7 Å². The van der Waals surface area contributed by atoms with E-state index in [9.17, 15) is 73.2 Å². The molecule has 0 bridgehead atoms. The lowest BCUT2D eigenvalue weighted by Crippen LogP contribution is -2.59. The number of nitrogens with two attached hydrogens (primary N) is 4. The van der Waals surface area contributed by atoms with Crippen LogP contribution in [0.2, 0.25) is 0 Å². The molecule has 0 fully saturated rings. The highest BCUT2D eigenvalue weighted by atomic mass is 16.5. The molecule has 526 valence electrons. The van der Waals surface area contributed by atoms with Crippen LogP contribution in [-0.2, 0) is 91.3 Å². The van der Waals surface area contributed by atoms with Crippen molar-refractivity contribution in [1.82, 2.24) is 42.5 Å². The number of carbonyl (C=O) groups excluding carboxylic acids is 10. The van der Waals surface area contributed by atoms with Crippen LogP contribution in [0.4, 0.5) is 0 Å². The predicted octanol–water partition coefficient (Wildman–Crippen LogP) is 0.864. The van der Waals surface area contributed by atoms with Crippen molar-refractivity contribution in [2.24, 2.45) is 28.9 Å². The van der Waals surface area contributed by atoms with Gasteiger partial charge < -0.3 is 90.6 Å². The molecule has 10 amide bonds. The first-order valence-corrected chi connectivity index (χ1v) is 31.8. The van der Waals surface area contributed by atoms with Gasteiger partial charge in [0.25, 0.3) is 0 Å². The second-order valence-corrected chi connectivity index (χ2v) is 24.5. The lowest BCUT2D eigenvalue weighted by Gasteiger charge is -2.27. The number of amides is 10. The van der Waals surface area contributed by atoms with Gasteiger partial charge in [0.2, 0.25) is 59.1 Å². The van der Waals surface area contributed by atoms with Gasteiger partial charge in [-0.1, -0.05) is 117 Å². The summed E-state index contributed by atoms with van der Waals surface area (Å²) >= 11 is 0. The molecule has 0 saturated heterocycles. The van der Waals surface area contributed by atoms with E-state index >= 15 is 0 Å². The molecule has 28 heteroatoms. The van der Waals surface area contributed by atoms with Gasteiger partial charge in [-0.05, 0) is 114 Å². The molecule has 6 rings (SSSR count). The van der Waals surface area contributed by atoms with Crippen LogP contribution in [0, 0.1) is 26.7 Å². The topological polar surface area (TPSA) is 478 Å². The van der Waals surface area contributed by atoms with Crippen molar-refractivity contribution < 1.29 is 77.9 Å². The maximum absolute atomic E-state index is 14.9. The second-order valence-electron chi connectivity index (χ2n) is 24.5. The monoisotopic (exact) mass is 1360 g/mol. The first kappa shape index (κ1) is 76.6. The Bertz CT molecular complexity index is 3830. The Balaban J connectivity index is 1.33. The number of aromatic hydroxyl groups is 3. The minimum atomic E-state index is -1.71. The van der Waals surface area contributed by atoms with Crippen molar-refractivity contribution in [3.63, 3.8) is 0 Å². The Kier molecular flexibility index (Phi) is 28.4. The Morgan fingerprint density at radius 2 is 0.717 bits per heavy atom. The third kappa shape index (κ3) is 24.0. The van der Waals surface area contributed by atoms with Gasteiger partial charge in [-0.15, -0.1) is 0 Å². The van der Waals surface area contributed by atoms with Crippen molar-refractivity contribution in [2.45, 2.75) is 134 Å². The average Bonchev–Trinajstić information content (AvgIpc) is 0.832. The number of primary amides is 2. The molecular weight excluding hydrogens is 1280 g/mol. The lowest BCUT2D eigenvalue weighted by atomic mass is 9.98. The van der Waals surface area contributed by atoms with Gasteiger partial charge in [-0.3, -0.25) is 52.7 Å². The highest BCUT2D eigenvalue weighted by Crippen LogP contribution is 2.36. The van der Waals surface area contributed by atoms with Gasteiger partial charge in [-0.25, -0.2) is 0 Å². The number of ether oxygens (including phenoxy) is 1. The maximum atomic E-state index is 14.9. The number of benzene rings is 6. The molecule has 6 aromatic carbocycles. The van der Waals surface area contributed by atoms with Crippen LogP contribution in [-0.4, -0.2) is 147 Å². The van der Waals surface area contributed by atoms with E-state index in [0.717, 1.165) is 0 Å². The second kappa shape index (κ2) is 36.6. The maximum Gasteiger partial charge on any atom is 0.305 e. The molecule has 8 atom stereocenters. The molecule has 0 aromatic heterocycles. The molecule has 0 saturated carbocycles. The zero-order chi connectivity index (χ0) is 72.6. The molecular formula is C71H86N12O16. The molecule has 0 spiro atoms. The SMILES string of the molecule is Cc1cc(CC(NC(=O)C(Cc2ccc(Oc3cc(CC(NC(=O)C(Cc4ccc(O)cc4)NC(=O)C(CC(=O)O)NC(=O)CN)C(=O)NC(Cc4ccccc4)C(N)=O)cc(C)c3O)cc2)NC(=O)C(CC(C)C)NC(=O)CN)C(=O)NC(Cc2ccccc2)C(N)=O)cc(C)c1O. The molecule has 0 radical (unpaired) electrons. The smallest absolute Gasteiger partial charge is 0.305 e. The summed E-state index contributed by atoms with van der Waals surface area (Å²) in [6.45, 7) is 7.45. The third-order valence-electron chi connectivity index (χ3n) is 15.9. The number of aryl methyl sites for hydroxylation is 3. The molecule has 6 aromatic rings. The number of aliphatic carboxylic acids is 1. The quantitative estimate of drug-likeness (QED) is 0.0259. The summed E-state index contributed by atoms with van der Waals surface area (Å²) in [6, 6.07) is 23.6. The van der Waals surface area contributed by atoms with Crippen molar-refractivity contribution in [2.75, 3.05) is 13.1 Å². The van der Waals surface area contributed by atoms with E-state index in [-0.39, 0.29) is 84.3 Å². The molecule has 8 unspecified atom stereocenters. The van der Waals surface area contributed by atoms with E-state index < -0.39 is 139 Å². The standard InChI is InChI=1S/C71H86N12O16/c1-38(2)24-52(76-59(85)36-72)66(93)80-54(70(97)82-55(32-46-25-39(3)62(89)40(4)26-46)67(94)78-50(64(74)91)28-42-12-8-6-9-13-42)31-45-18-22-49(23-19-45)99-58-34-47(27-41(5)63(58)90)33-56(68(95)79-51(65(75)92)29-43-14-10-7-11-15-43)83-69(96)53(30-44-16-20-48(84)21-17-44)81-71(98)57(35-61(87)88)77-60(86)37-73/h6-23,25-27,34,38,50-57,84,89-90H,24,28-33,35-37,72-73H2,1-5H3,(H2,74,91)(H2,75,92)(H,76,85)(H,77,86)(H,78,94)(H,79,95)(H,80,93)(H,81,98)(H,82,97)(H,83,96)(H,87,88). The zero-order valence-corrected chi connectivity index (χ0v) is 55.5. The van der Waals surface area contributed by atoms with Crippen LogP contribution in [0.15, 0.2) is 133 Å². The van der Waals surface area contributed by atoms with E-state index in [0.29, 0.717) is 38.9 Å². The largest absolute Gasteiger partial charge is 0.508 e. The number of carbonyl (C=O) groups is 11. The van der Waals surface area contributed by atoms with Crippen LogP contribution in [0.25, 0.3) is 0 Å². The number of phenols is 3. The number of hydrogen-bond donors (Lipinski definition) is 16. The van der Waals surface area contributed by atoms with Crippen LogP contribution in [0.3, 0.4) is 0 Å². The molecule has 99 heavy (non-hydrogen) atoms. The van der Waals surface area contributed by atoms with Crippen LogP contribution in [0.1, 0.15) is 76.8 Å². The van der Waals surface area contributed by atoms with Gasteiger partial charge in [-0.2, -0.15) is 0 Å². The molecule has 28 nitrogen and oxygen atoms in total. The summed E-state index contributed by atoms with van der Waals surface area (Å²) in [7, 11) is 0. The minimum absolute atomic E-state index is 0.0147. The van der Waals surface area contributed by atoms with Gasteiger partial charge in [0.15, 0.2) is 11.5 Å². The fourth-order valence-corrected chi connectivity index (χ4v) is 10.8. The Labute approximate surface area is 571 Å². The van der Waals surface area contributed by atoms with Crippen molar-refractivity contribution in [1.29, 1.82) is 0 Å². The minimum Gasteiger partial charge on any atom is -0.508 e. The number of phenolic OH excluding ortho intramolecular Hbond substituents is 3. The normalized spacial score (nSPS) is 13.5. The third-order valence-corrected chi connectivity index (χ3v) is 15.9. The Morgan fingerprint density at radius 3 is 1.10 bits per heavy atom. The van der Waals surface area contributed by atoms with E-state index in [2.05, 4.69) is 42.5 Å². The van der Waals surface area contributed by atoms with Gasteiger partial charge in [0, 0.05) is 38.5 Å². The van der Waals surface area contributed by atoms with Gasteiger partial charge in [0.1, 0.15) is 65.6 Å². The van der Waals surface area contributed by atoms with E-state index in [1.54, 1.807) is 98.8 Å². The van der Waals surface area contributed by atoms with E-state index in [1.165, 1.54) is 55.5 Å². The first-order chi connectivity index (χ1) is 47.0. The van der Waals surface area contributed by atoms with Crippen molar-refractivity contribution >= 4 is 65.0 Å². The van der Waals surface area contributed by atoms with Crippen LogP contribution < -0.4 is 70.2 Å². The number of rotatable bonds is 36. The number of hydrogen-bond acceptors (Lipinski definition) is 17. The number of carboxylic acids is 1. The molecule has 0 aliphatic rings. The van der Waals surface area contributed by atoms with Gasteiger partial charge >= 0.3 is 5.97 Å². The first-order valence-electron chi connectivity index (χ1n) is 31.8. The number of carboxylic acid groups (broad SMARTS) is 1. The zero-order valence-electron chi connectivity index (χ0n) is 55.5. The van der Waals surface area contributed by atoms with Crippen LogP contribution >= 0.6 is 0 Å². The molecule has 0 aliphatic heterocycles. The summed E-state index contributed by atoms with van der Waals surface area (Å²) in [5.41, 5.74) is 26.8. The Morgan fingerprint density at radius 1 is 0.394 bits per heavy atom. The molecule has 20 N–H and O–H groups in total. The van der Waals surface area contributed by atoms with Crippen LogP contribution in [0.5, 0.6) is 28.7 Å². The molecule has 0 aliphatic carbocycles. The van der Waals surface area contributed by atoms with E-state index in [1.807, 2.05) is 13.8 Å². The van der Waals surface area contributed by atoms with Crippen molar-refractivity contribution in [3.05, 3.63) is 184 Å². The lowest BCUT2D eigenvalue weighted by molar-refractivity contribution is -0.141. The average molecular weight is 1360 g/mol. The predicted molar refractivity (Wildman–Crippen MR) is 364 cm³/mol.